The van der Waals surface area contributed by atoms with Gasteiger partial charge >= 0.3 is 0 Å². The number of H-pyrrole nitrogens is 2. The molecule has 3 aromatic heterocycles. The Morgan fingerprint density at radius 3 is 2.86 bits per heavy atom. The molecule has 0 aliphatic rings. The molecule has 0 atom stereocenters. The third-order valence-electron chi connectivity index (χ3n) is 1.63. The third-order valence-corrected chi connectivity index (χ3v) is 1.63. The van der Waals surface area contributed by atoms with Crippen molar-refractivity contribution in [2.75, 3.05) is 0 Å². The van der Waals surface area contributed by atoms with Crippen molar-refractivity contribution in [2.24, 2.45) is 0 Å². The molecule has 0 saturated heterocycles. The molecule has 3 aromatic rings. The number of aromatic amines is 2. The van der Waals surface area contributed by atoms with Gasteiger partial charge in [0, 0.05) is 18.6 Å². The van der Waals surface area contributed by atoms with Gasteiger partial charge in [-0.05, 0) is 12.1 Å². The van der Waals surface area contributed by atoms with Crippen LogP contribution in [0.3, 0.4) is 0 Å². The Bertz CT molecular complexity index is 423. The van der Waals surface area contributed by atoms with E-state index < -0.39 is 0 Å². The van der Waals surface area contributed by atoms with Gasteiger partial charge in [0.25, 0.3) is 0 Å². The number of hydrogen-bond acceptors (Lipinski definition) is 3. The second-order valence-corrected chi connectivity index (χ2v) is 2.57. The van der Waals surface area contributed by atoms with E-state index in [9.17, 15) is 0 Å². The highest BCUT2D eigenvalue weighted by Crippen LogP contribution is 2.03. The number of hydrogen-bond donors (Lipinski definition) is 2. The van der Waals surface area contributed by atoms with Crippen LogP contribution >= 0.6 is 0 Å². The lowest BCUT2D eigenvalue weighted by Crippen LogP contribution is -1.74. The van der Waals surface area contributed by atoms with E-state index in [0.717, 1.165) is 11.0 Å². The minimum Gasteiger partial charge on any atom is -0.359 e. The lowest BCUT2D eigenvalue weighted by Gasteiger charge is -1.82. The van der Waals surface area contributed by atoms with E-state index in [1.54, 1.807) is 18.6 Å². The molecular weight excluding hydrogens is 178 g/mol. The van der Waals surface area contributed by atoms with Crippen LogP contribution in [0.1, 0.15) is 0 Å². The van der Waals surface area contributed by atoms with E-state index in [2.05, 4.69) is 25.1 Å². The van der Waals surface area contributed by atoms with Crippen molar-refractivity contribution in [1.29, 1.82) is 0 Å². The van der Waals surface area contributed by atoms with Crippen LogP contribution in [-0.2, 0) is 0 Å². The number of nitrogens with zero attached hydrogens (tertiary/aromatic N) is 3. The summed E-state index contributed by atoms with van der Waals surface area (Å²) in [7, 11) is 0. The van der Waals surface area contributed by atoms with Gasteiger partial charge in [-0.1, -0.05) is 0 Å². The predicted molar refractivity (Wildman–Crippen MR) is 52.5 cm³/mol. The lowest BCUT2D eigenvalue weighted by molar-refractivity contribution is 1.09. The predicted octanol–water partition coefficient (Wildman–Crippen LogP) is 1.37. The highest BCUT2D eigenvalue weighted by atomic mass is 15.1. The van der Waals surface area contributed by atoms with Gasteiger partial charge < -0.3 is 4.98 Å². The summed E-state index contributed by atoms with van der Waals surface area (Å²) in [6.45, 7) is 0. The van der Waals surface area contributed by atoms with Crippen molar-refractivity contribution in [1.82, 2.24) is 25.1 Å². The summed E-state index contributed by atoms with van der Waals surface area (Å²) in [6.07, 6.45) is 8.60. The smallest absolute Gasteiger partial charge is 0.116 e. The average molecular weight is 187 g/mol. The van der Waals surface area contributed by atoms with Crippen LogP contribution in [0.5, 0.6) is 0 Å². The zero-order valence-corrected chi connectivity index (χ0v) is 7.38. The van der Waals surface area contributed by atoms with Crippen molar-refractivity contribution >= 4 is 11.0 Å². The first-order valence-electron chi connectivity index (χ1n) is 4.13. The normalized spacial score (nSPS) is 9.43. The van der Waals surface area contributed by atoms with E-state index in [4.69, 9.17) is 0 Å². The summed E-state index contributed by atoms with van der Waals surface area (Å²) in [5.41, 5.74) is 1.95. The molecule has 0 spiro atoms. The molecule has 0 fully saturated rings. The van der Waals surface area contributed by atoms with E-state index in [-0.39, 0.29) is 0 Å². The number of nitrogens with one attached hydrogen (secondary N) is 2. The molecule has 14 heavy (non-hydrogen) atoms. The number of aromatic nitrogens is 5. The molecule has 5 heteroatoms. The fraction of sp³-hybridized carbons (Fsp3) is 0. The summed E-state index contributed by atoms with van der Waals surface area (Å²) in [4.78, 5) is 10.8. The topological polar surface area (TPSA) is 70.2 Å². The van der Waals surface area contributed by atoms with Crippen molar-refractivity contribution in [3.05, 3.63) is 43.2 Å². The molecular formula is C9H9N5. The molecule has 0 aliphatic carbocycles. The maximum Gasteiger partial charge on any atom is 0.116 e. The van der Waals surface area contributed by atoms with Crippen LogP contribution in [0.15, 0.2) is 43.2 Å². The Balaban J connectivity index is 0.000000128. The fourth-order valence-electron chi connectivity index (χ4n) is 1.01. The van der Waals surface area contributed by atoms with Crippen LogP contribution in [0, 0.1) is 0 Å². The zero-order valence-electron chi connectivity index (χ0n) is 7.38. The van der Waals surface area contributed by atoms with Gasteiger partial charge in [0.15, 0.2) is 0 Å². The van der Waals surface area contributed by atoms with Gasteiger partial charge in [0.2, 0.25) is 0 Å². The van der Waals surface area contributed by atoms with Crippen molar-refractivity contribution in [2.45, 2.75) is 0 Å². The Morgan fingerprint density at radius 2 is 2.21 bits per heavy atom. The fourth-order valence-corrected chi connectivity index (χ4v) is 1.01. The minimum absolute atomic E-state index is 0.963. The van der Waals surface area contributed by atoms with Gasteiger partial charge in [-0.25, -0.2) is 9.97 Å². The zero-order chi connectivity index (χ0) is 9.64. The molecule has 3 heterocycles. The number of rotatable bonds is 0. The highest BCUT2D eigenvalue weighted by molar-refractivity contribution is 5.72. The van der Waals surface area contributed by atoms with Gasteiger partial charge in [0.1, 0.15) is 6.33 Å². The molecule has 0 unspecified atom stereocenters. The second kappa shape index (κ2) is 4.18. The largest absolute Gasteiger partial charge is 0.359 e. The van der Waals surface area contributed by atoms with Crippen LogP contribution in [0.4, 0.5) is 0 Å². The van der Waals surface area contributed by atoms with E-state index in [1.165, 1.54) is 6.33 Å². The maximum atomic E-state index is 4.00. The summed E-state index contributed by atoms with van der Waals surface area (Å²) < 4.78 is 0. The highest BCUT2D eigenvalue weighted by Gasteiger charge is 1.89. The SMILES string of the molecule is c1cn[nH]c1.c1ncc2[nH]ccc2n1. The molecule has 0 bridgehead atoms. The Hall–Kier alpha value is -2.17. The van der Waals surface area contributed by atoms with Gasteiger partial charge in [0.05, 0.1) is 17.2 Å². The standard InChI is InChI=1S/C6H5N3.C3H4N2/c1-2-8-6-3-7-4-9-5(1)6;1-2-4-5-3-1/h1-4,8H;1-3H,(H,4,5). The summed E-state index contributed by atoms with van der Waals surface area (Å²) in [5.74, 6) is 0. The third kappa shape index (κ3) is 1.95. The quantitative estimate of drug-likeness (QED) is 0.558. The van der Waals surface area contributed by atoms with Crippen LogP contribution in [0.2, 0.25) is 0 Å². The van der Waals surface area contributed by atoms with Crippen LogP contribution < -0.4 is 0 Å². The molecule has 2 N–H and O–H groups in total. The minimum atomic E-state index is 0.963. The van der Waals surface area contributed by atoms with Gasteiger partial charge in [-0.15, -0.1) is 0 Å². The van der Waals surface area contributed by atoms with E-state index in [0.29, 0.717) is 0 Å². The van der Waals surface area contributed by atoms with Crippen LogP contribution in [-0.4, -0.2) is 25.1 Å². The van der Waals surface area contributed by atoms with Gasteiger partial charge in [-0.2, -0.15) is 5.10 Å². The molecule has 3 rings (SSSR count). The van der Waals surface area contributed by atoms with Crippen molar-refractivity contribution in [3.8, 4) is 0 Å². The summed E-state index contributed by atoms with van der Waals surface area (Å²) in [6, 6.07) is 3.75. The van der Waals surface area contributed by atoms with Crippen molar-refractivity contribution in [3.63, 3.8) is 0 Å². The Morgan fingerprint density at radius 1 is 1.21 bits per heavy atom. The van der Waals surface area contributed by atoms with Crippen molar-refractivity contribution < 1.29 is 0 Å². The average Bonchev–Trinajstić information content (AvgIpc) is 2.92. The summed E-state index contributed by atoms with van der Waals surface area (Å²) >= 11 is 0. The molecule has 0 saturated carbocycles. The first-order valence-corrected chi connectivity index (χ1v) is 4.13. The molecule has 0 aliphatic heterocycles. The van der Waals surface area contributed by atoms with E-state index >= 15 is 0 Å². The first kappa shape index (κ1) is 8.43. The molecule has 5 nitrogen and oxygen atoms in total. The van der Waals surface area contributed by atoms with E-state index in [1.807, 2.05) is 18.3 Å². The Labute approximate surface area is 80.2 Å². The van der Waals surface area contributed by atoms with Crippen LogP contribution in [0.25, 0.3) is 11.0 Å². The molecule has 0 aromatic carbocycles. The number of fused-ring (bicyclic) bond motifs is 1. The Kier molecular flexibility index (Phi) is 2.51. The summed E-state index contributed by atoms with van der Waals surface area (Å²) in [5, 5.41) is 6.21. The van der Waals surface area contributed by atoms with Gasteiger partial charge in [-0.3, -0.25) is 5.10 Å². The lowest BCUT2D eigenvalue weighted by atomic mass is 10.5. The second-order valence-electron chi connectivity index (χ2n) is 2.57. The monoisotopic (exact) mass is 187 g/mol. The molecule has 0 radical (unpaired) electrons. The maximum absolute atomic E-state index is 4.00. The molecule has 70 valence electrons. The molecule has 0 amide bonds. The first-order chi connectivity index (χ1) is 6.97.